The molecule has 2 rings (SSSR count). The largest absolute Gasteiger partial charge is 0.352 e. The third-order valence-corrected chi connectivity index (χ3v) is 3.96. The Hall–Kier alpha value is -2.69. The average Bonchev–Trinajstić information content (AvgIpc) is 2.55. The van der Waals surface area contributed by atoms with Crippen LogP contribution in [0.3, 0.4) is 0 Å². The minimum Gasteiger partial charge on any atom is -0.352 e. The Bertz CT molecular complexity index is 757. The van der Waals surface area contributed by atoms with Crippen molar-refractivity contribution >= 4 is 11.8 Å². The summed E-state index contributed by atoms with van der Waals surface area (Å²) in [5.41, 5.74) is 3.37. The van der Waals surface area contributed by atoms with Crippen molar-refractivity contribution < 1.29 is 14.0 Å². The van der Waals surface area contributed by atoms with Gasteiger partial charge < -0.3 is 10.6 Å². The lowest BCUT2D eigenvalue weighted by Gasteiger charge is -2.18. The molecule has 2 aromatic rings. The molecule has 2 N–H and O–H groups in total. The molecule has 0 bridgehead atoms. The van der Waals surface area contributed by atoms with Gasteiger partial charge in [-0.2, -0.15) is 0 Å². The van der Waals surface area contributed by atoms with Crippen molar-refractivity contribution in [1.82, 2.24) is 10.6 Å². The number of carbonyl (C=O) groups excluding carboxylic acids is 2. The lowest BCUT2D eigenvalue weighted by Crippen LogP contribution is -2.32. The summed E-state index contributed by atoms with van der Waals surface area (Å²) < 4.78 is 13.3. The normalized spacial score (nSPS) is 11.7. The fourth-order valence-electron chi connectivity index (χ4n) is 2.57. The van der Waals surface area contributed by atoms with E-state index in [1.165, 1.54) is 13.0 Å². The smallest absolute Gasteiger partial charge is 0.222 e. The molecule has 0 fully saturated rings. The van der Waals surface area contributed by atoms with Crippen LogP contribution in [0.2, 0.25) is 0 Å². The van der Waals surface area contributed by atoms with Gasteiger partial charge in [0, 0.05) is 13.5 Å². The first-order chi connectivity index (χ1) is 11.8. The second kappa shape index (κ2) is 8.42. The van der Waals surface area contributed by atoms with Gasteiger partial charge in [0.15, 0.2) is 0 Å². The zero-order valence-electron chi connectivity index (χ0n) is 14.7. The molecule has 132 valence electrons. The van der Waals surface area contributed by atoms with Gasteiger partial charge in [-0.1, -0.05) is 42.0 Å². The average molecular weight is 342 g/mol. The quantitative estimate of drug-likeness (QED) is 0.846. The maximum Gasteiger partial charge on any atom is 0.222 e. The van der Waals surface area contributed by atoms with Crippen LogP contribution in [0.4, 0.5) is 4.39 Å². The Kier molecular flexibility index (Phi) is 6.28. The summed E-state index contributed by atoms with van der Waals surface area (Å²) in [6.07, 6.45) is 0.142. The topological polar surface area (TPSA) is 58.2 Å². The molecule has 0 spiro atoms. The molecule has 0 radical (unpaired) electrons. The van der Waals surface area contributed by atoms with Crippen LogP contribution < -0.4 is 10.6 Å². The summed E-state index contributed by atoms with van der Waals surface area (Å²) in [5.74, 6) is -0.631. The molecule has 0 saturated heterocycles. The highest BCUT2D eigenvalue weighted by Gasteiger charge is 2.17. The molecular formula is C20H23FN2O2. The highest BCUT2D eigenvalue weighted by molar-refractivity contribution is 5.79. The number of hydrogen-bond acceptors (Lipinski definition) is 2. The van der Waals surface area contributed by atoms with E-state index in [4.69, 9.17) is 0 Å². The zero-order valence-corrected chi connectivity index (χ0v) is 14.7. The Morgan fingerprint density at radius 2 is 1.76 bits per heavy atom. The van der Waals surface area contributed by atoms with E-state index >= 15 is 0 Å². The van der Waals surface area contributed by atoms with Gasteiger partial charge >= 0.3 is 0 Å². The molecule has 1 atom stereocenters. The standard InChI is InChI=1S/C20H23FN2O2/c1-13-4-7-17(8-5-13)19(23-15(3)24)11-20(25)22-12-16-6-9-18(21)14(2)10-16/h4-10,19H,11-12H2,1-3H3,(H,22,25)(H,23,24). The van der Waals surface area contributed by atoms with Gasteiger partial charge in [0.05, 0.1) is 12.5 Å². The van der Waals surface area contributed by atoms with Crippen LogP contribution in [-0.4, -0.2) is 11.8 Å². The molecule has 25 heavy (non-hydrogen) atoms. The monoisotopic (exact) mass is 342 g/mol. The van der Waals surface area contributed by atoms with E-state index in [2.05, 4.69) is 10.6 Å². The van der Waals surface area contributed by atoms with Gasteiger partial charge in [0.1, 0.15) is 5.82 Å². The molecular weight excluding hydrogens is 319 g/mol. The maximum atomic E-state index is 13.3. The van der Waals surface area contributed by atoms with Gasteiger partial charge in [-0.25, -0.2) is 4.39 Å². The van der Waals surface area contributed by atoms with Crippen LogP contribution in [0.15, 0.2) is 42.5 Å². The van der Waals surface area contributed by atoms with Crippen molar-refractivity contribution in [2.24, 2.45) is 0 Å². The lowest BCUT2D eigenvalue weighted by molar-refractivity contribution is -0.122. The second-order valence-corrected chi connectivity index (χ2v) is 6.23. The molecule has 5 heteroatoms. The van der Waals surface area contributed by atoms with Crippen molar-refractivity contribution in [1.29, 1.82) is 0 Å². The number of aryl methyl sites for hydroxylation is 2. The molecule has 1 unspecified atom stereocenters. The Balaban J connectivity index is 1.99. The van der Waals surface area contributed by atoms with E-state index in [0.717, 1.165) is 16.7 Å². The van der Waals surface area contributed by atoms with Gasteiger partial charge in [-0.05, 0) is 36.6 Å². The molecule has 0 heterocycles. The van der Waals surface area contributed by atoms with Crippen LogP contribution in [0.1, 0.15) is 41.6 Å². The highest BCUT2D eigenvalue weighted by atomic mass is 19.1. The Morgan fingerprint density at radius 3 is 2.36 bits per heavy atom. The summed E-state index contributed by atoms with van der Waals surface area (Å²) >= 11 is 0. The number of halogens is 1. The van der Waals surface area contributed by atoms with Crippen LogP contribution in [0.25, 0.3) is 0 Å². The fraction of sp³-hybridized carbons (Fsp3) is 0.300. The van der Waals surface area contributed by atoms with E-state index in [-0.39, 0.29) is 30.1 Å². The molecule has 0 aliphatic rings. The van der Waals surface area contributed by atoms with Crippen LogP contribution in [-0.2, 0) is 16.1 Å². The highest BCUT2D eigenvalue weighted by Crippen LogP contribution is 2.18. The van der Waals surface area contributed by atoms with Crippen molar-refractivity contribution in [2.45, 2.75) is 39.8 Å². The van der Waals surface area contributed by atoms with Crippen molar-refractivity contribution in [3.05, 3.63) is 70.5 Å². The summed E-state index contributed by atoms with van der Waals surface area (Å²) in [6.45, 7) is 5.42. The first-order valence-electron chi connectivity index (χ1n) is 8.20. The number of nitrogens with one attached hydrogen (secondary N) is 2. The first kappa shape index (κ1) is 18.6. The zero-order chi connectivity index (χ0) is 18.4. The van der Waals surface area contributed by atoms with Crippen LogP contribution >= 0.6 is 0 Å². The summed E-state index contributed by atoms with van der Waals surface area (Å²) in [6, 6.07) is 12.1. The van der Waals surface area contributed by atoms with Crippen molar-refractivity contribution in [3.8, 4) is 0 Å². The summed E-state index contributed by atoms with van der Waals surface area (Å²) in [7, 11) is 0. The molecule has 0 aliphatic heterocycles. The van der Waals surface area contributed by atoms with E-state index in [1.54, 1.807) is 19.1 Å². The van der Waals surface area contributed by atoms with Crippen LogP contribution in [0, 0.1) is 19.7 Å². The van der Waals surface area contributed by atoms with Gasteiger partial charge in [0.25, 0.3) is 0 Å². The van der Waals surface area contributed by atoms with E-state index < -0.39 is 0 Å². The molecule has 2 amide bonds. The molecule has 0 aromatic heterocycles. The second-order valence-electron chi connectivity index (χ2n) is 6.23. The van der Waals surface area contributed by atoms with Gasteiger partial charge in [0.2, 0.25) is 11.8 Å². The summed E-state index contributed by atoms with van der Waals surface area (Å²) in [4.78, 5) is 23.7. The third kappa shape index (κ3) is 5.71. The number of benzene rings is 2. The lowest BCUT2D eigenvalue weighted by atomic mass is 10.0. The predicted octanol–water partition coefficient (Wildman–Crippen LogP) is 3.33. The minimum atomic E-state index is -0.381. The van der Waals surface area contributed by atoms with Gasteiger partial charge in [-0.3, -0.25) is 9.59 Å². The molecule has 0 aliphatic carbocycles. The Labute approximate surface area is 147 Å². The maximum absolute atomic E-state index is 13.3. The Morgan fingerprint density at radius 1 is 1.08 bits per heavy atom. The number of hydrogen-bond donors (Lipinski definition) is 2. The molecule has 2 aromatic carbocycles. The van der Waals surface area contributed by atoms with Crippen molar-refractivity contribution in [2.75, 3.05) is 0 Å². The summed E-state index contributed by atoms with van der Waals surface area (Å²) in [5, 5.41) is 5.63. The number of amides is 2. The third-order valence-electron chi connectivity index (χ3n) is 3.96. The first-order valence-corrected chi connectivity index (χ1v) is 8.20. The minimum absolute atomic E-state index is 0.142. The fourth-order valence-corrected chi connectivity index (χ4v) is 2.57. The van der Waals surface area contributed by atoms with Gasteiger partial charge in [-0.15, -0.1) is 0 Å². The van der Waals surface area contributed by atoms with Crippen molar-refractivity contribution in [3.63, 3.8) is 0 Å². The van der Waals surface area contributed by atoms with E-state index in [0.29, 0.717) is 12.1 Å². The molecule has 0 saturated carbocycles. The van der Waals surface area contributed by atoms with E-state index in [9.17, 15) is 14.0 Å². The predicted molar refractivity (Wildman–Crippen MR) is 95.3 cm³/mol. The van der Waals surface area contributed by atoms with Crippen LogP contribution in [0.5, 0.6) is 0 Å². The molecule has 4 nitrogen and oxygen atoms in total. The SMILES string of the molecule is CC(=O)NC(CC(=O)NCc1ccc(F)c(C)c1)c1ccc(C)cc1. The van der Waals surface area contributed by atoms with E-state index in [1.807, 2.05) is 31.2 Å². The number of rotatable bonds is 6. The number of carbonyl (C=O) groups is 2.